The van der Waals surface area contributed by atoms with Gasteiger partial charge in [0, 0.05) is 35.9 Å². The molecule has 0 bridgehead atoms. The summed E-state index contributed by atoms with van der Waals surface area (Å²) < 4.78 is 1.74. The Balaban J connectivity index is 2.08. The van der Waals surface area contributed by atoms with E-state index < -0.39 is 0 Å². The highest BCUT2D eigenvalue weighted by Gasteiger charge is 2.19. The average Bonchev–Trinajstić information content (AvgIpc) is 2.80. The van der Waals surface area contributed by atoms with Gasteiger partial charge in [0.15, 0.2) is 0 Å². The largest absolute Gasteiger partial charge is 0.331 e. The SMILES string of the molecule is Cc1cc(NC(=O)N[C@H](c2cnn(C)c2)C(C)C)cc(C)n1. The molecule has 0 fully saturated rings. The number of aromatic nitrogens is 3. The number of amides is 2. The number of carbonyl (C=O) groups is 1. The van der Waals surface area contributed by atoms with Crippen LogP contribution in [0.5, 0.6) is 0 Å². The maximum absolute atomic E-state index is 12.3. The quantitative estimate of drug-likeness (QED) is 0.912. The number of hydrogen-bond donors (Lipinski definition) is 2. The minimum atomic E-state index is -0.229. The standard InChI is InChI=1S/C16H23N5O/c1-10(2)15(13-8-17-21(5)9-13)20-16(22)19-14-6-11(3)18-12(4)7-14/h6-10,15H,1-5H3,(H2,18,19,20,22)/t15-/m0/s1. The lowest BCUT2D eigenvalue weighted by molar-refractivity contribution is 0.244. The normalized spacial score (nSPS) is 12.3. The van der Waals surface area contributed by atoms with E-state index in [1.807, 2.05) is 39.2 Å². The fraction of sp³-hybridized carbons (Fsp3) is 0.438. The summed E-state index contributed by atoms with van der Waals surface area (Å²) in [7, 11) is 1.86. The molecular formula is C16H23N5O. The molecule has 0 aliphatic rings. The lowest BCUT2D eigenvalue weighted by atomic mass is 9.99. The fourth-order valence-electron chi connectivity index (χ4n) is 2.45. The molecule has 118 valence electrons. The number of carbonyl (C=O) groups excluding carboxylic acids is 1. The first-order valence-electron chi connectivity index (χ1n) is 7.36. The fourth-order valence-corrected chi connectivity index (χ4v) is 2.45. The molecule has 22 heavy (non-hydrogen) atoms. The van der Waals surface area contributed by atoms with E-state index >= 15 is 0 Å². The second kappa shape index (κ2) is 6.60. The van der Waals surface area contributed by atoms with Crippen LogP contribution < -0.4 is 10.6 Å². The van der Waals surface area contributed by atoms with Crippen LogP contribution in [0.1, 0.15) is 36.8 Å². The highest BCUT2D eigenvalue weighted by molar-refractivity contribution is 5.89. The monoisotopic (exact) mass is 301 g/mol. The molecule has 0 aliphatic heterocycles. The second-order valence-electron chi connectivity index (χ2n) is 5.91. The van der Waals surface area contributed by atoms with E-state index in [1.165, 1.54) is 0 Å². The first-order chi connectivity index (χ1) is 10.3. The predicted molar refractivity (Wildman–Crippen MR) is 86.7 cm³/mol. The van der Waals surface area contributed by atoms with Crippen LogP contribution in [0.3, 0.4) is 0 Å². The Bertz CT molecular complexity index is 642. The summed E-state index contributed by atoms with van der Waals surface area (Å²) in [4.78, 5) is 16.6. The summed E-state index contributed by atoms with van der Waals surface area (Å²) in [5.41, 5.74) is 3.50. The zero-order chi connectivity index (χ0) is 16.3. The van der Waals surface area contributed by atoms with E-state index in [9.17, 15) is 4.79 Å². The van der Waals surface area contributed by atoms with E-state index in [1.54, 1.807) is 10.9 Å². The van der Waals surface area contributed by atoms with Gasteiger partial charge in [0.05, 0.1) is 12.2 Å². The predicted octanol–water partition coefficient (Wildman–Crippen LogP) is 2.95. The van der Waals surface area contributed by atoms with Crippen LogP contribution in [0.2, 0.25) is 0 Å². The van der Waals surface area contributed by atoms with Crippen molar-refractivity contribution in [3.63, 3.8) is 0 Å². The van der Waals surface area contributed by atoms with Crippen molar-refractivity contribution in [1.82, 2.24) is 20.1 Å². The van der Waals surface area contributed by atoms with Crippen molar-refractivity contribution in [1.29, 1.82) is 0 Å². The summed E-state index contributed by atoms with van der Waals surface area (Å²) in [6.07, 6.45) is 3.71. The first-order valence-corrected chi connectivity index (χ1v) is 7.36. The number of rotatable bonds is 4. The molecule has 0 unspecified atom stereocenters. The number of hydrogen-bond acceptors (Lipinski definition) is 3. The first kappa shape index (κ1) is 16.0. The molecule has 0 saturated carbocycles. The van der Waals surface area contributed by atoms with Gasteiger partial charge in [-0.25, -0.2) is 4.79 Å². The van der Waals surface area contributed by atoms with Crippen LogP contribution in [-0.4, -0.2) is 20.8 Å². The van der Waals surface area contributed by atoms with E-state index in [0.29, 0.717) is 0 Å². The lowest BCUT2D eigenvalue weighted by Gasteiger charge is -2.21. The van der Waals surface area contributed by atoms with Crippen molar-refractivity contribution >= 4 is 11.7 Å². The highest BCUT2D eigenvalue weighted by Crippen LogP contribution is 2.21. The zero-order valence-electron chi connectivity index (χ0n) is 13.7. The summed E-state index contributed by atoms with van der Waals surface area (Å²) >= 11 is 0. The molecule has 2 heterocycles. The summed E-state index contributed by atoms with van der Waals surface area (Å²) in [6, 6.07) is 3.38. The van der Waals surface area contributed by atoms with Gasteiger partial charge in [0.2, 0.25) is 0 Å². The smallest absolute Gasteiger partial charge is 0.319 e. The molecule has 0 aromatic carbocycles. The average molecular weight is 301 g/mol. The Labute approximate surface area is 130 Å². The Kier molecular flexibility index (Phi) is 4.80. The molecule has 0 saturated heterocycles. The van der Waals surface area contributed by atoms with Gasteiger partial charge in [-0.3, -0.25) is 9.67 Å². The Morgan fingerprint density at radius 2 is 1.86 bits per heavy atom. The maximum Gasteiger partial charge on any atom is 0.319 e. The Morgan fingerprint density at radius 1 is 1.23 bits per heavy atom. The van der Waals surface area contributed by atoms with Crippen molar-refractivity contribution in [2.24, 2.45) is 13.0 Å². The molecule has 0 aliphatic carbocycles. The van der Waals surface area contributed by atoms with Crippen LogP contribution in [-0.2, 0) is 7.05 Å². The minimum absolute atomic E-state index is 0.0854. The Hall–Kier alpha value is -2.37. The highest BCUT2D eigenvalue weighted by atomic mass is 16.2. The van der Waals surface area contributed by atoms with Gasteiger partial charge < -0.3 is 10.6 Å². The number of nitrogens with zero attached hydrogens (tertiary/aromatic N) is 3. The van der Waals surface area contributed by atoms with Gasteiger partial charge in [-0.1, -0.05) is 13.8 Å². The number of anilines is 1. The molecule has 0 spiro atoms. The van der Waals surface area contributed by atoms with Crippen molar-refractivity contribution in [3.8, 4) is 0 Å². The molecule has 6 heteroatoms. The maximum atomic E-state index is 12.3. The summed E-state index contributed by atoms with van der Waals surface area (Å²) in [5, 5.41) is 10.0. The summed E-state index contributed by atoms with van der Waals surface area (Å²) in [6.45, 7) is 7.95. The third-order valence-corrected chi connectivity index (χ3v) is 3.38. The van der Waals surface area contributed by atoms with E-state index in [2.05, 4.69) is 34.6 Å². The number of urea groups is 1. The Morgan fingerprint density at radius 3 is 2.36 bits per heavy atom. The molecule has 6 nitrogen and oxygen atoms in total. The second-order valence-corrected chi connectivity index (χ2v) is 5.91. The van der Waals surface area contributed by atoms with Gasteiger partial charge in [-0.05, 0) is 31.9 Å². The minimum Gasteiger partial charge on any atom is -0.331 e. The van der Waals surface area contributed by atoms with Crippen LogP contribution in [0.15, 0.2) is 24.5 Å². The van der Waals surface area contributed by atoms with Gasteiger partial charge >= 0.3 is 6.03 Å². The molecule has 2 N–H and O–H groups in total. The van der Waals surface area contributed by atoms with Crippen LogP contribution in [0.4, 0.5) is 10.5 Å². The van der Waals surface area contributed by atoms with E-state index in [-0.39, 0.29) is 18.0 Å². The van der Waals surface area contributed by atoms with E-state index in [4.69, 9.17) is 0 Å². The molecule has 2 aromatic rings. The van der Waals surface area contributed by atoms with Crippen molar-refractivity contribution in [3.05, 3.63) is 41.5 Å². The zero-order valence-corrected chi connectivity index (χ0v) is 13.7. The van der Waals surface area contributed by atoms with Gasteiger partial charge in [-0.15, -0.1) is 0 Å². The molecule has 2 amide bonds. The van der Waals surface area contributed by atoms with Gasteiger partial charge in [0.25, 0.3) is 0 Å². The van der Waals surface area contributed by atoms with Crippen LogP contribution in [0, 0.1) is 19.8 Å². The lowest BCUT2D eigenvalue weighted by Crippen LogP contribution is -2.35. The molecular weight excluding hydrogens is 278 g/mol. The number of nitrogens with one attached hydrogen (secondary N) is 2. The van der Waals surface area contributed by atoms with E-state index in [0.717, 1.165) is 22.6 Å². The number of aryl methyl sites for hydroxylation is 3. The van der Waals surface area contributed by atoms with Gasteiger partial charge in [-0.2, -0.15) is 5.10 Å². The summed E-state index contributed by atoms with van der Waals surface area (Å²) in [5.74, 6) is 0.260. The molecule has 2 rings (SSSR count). The van der Waals surface area contributed by atoms with Gasteiger partial charge in [0.1, 0.15) is 0 Å². The number of pyridine rings is 1. The van der Waals surface area contributed by atoms with Crippen molar-refractivity contribution < 1.29 is 4.79 Å². The molecule has 1 atom stereocenters. The van der Waals surface area contributed by atoms with Crippen LogP contribution >= 0.6 is 0 Å². The van der Waals surface area contributed by atoms with Crippen molar-refractivity contribution in [2.75, 3.05) is 5.32 Å². The third kappa shape index (κ3) is 4.07. The molecule has 2 aromatic heterocycles. The topological polar surface area (TPSA) is 71.8 Å². The third-order valence-electron chi connectivity index (χ3n) is 3.38. The molecule has 0 radical (unpaired) electrons. The van der Waals surface area contributed by atoms with Crippen molar-refractivity contribution in [2.45, 2.75) is 33.7 Å². The van der Waals surface area contributed by atoms with Crippen LogP contribution in [0.25, 0.3) is 0 Å².